The van der Waals surface area contributed by atoms with Gasteiger partial charge in [0.2, 0.25) is 5.75 Å². The number of alkyl halides is 3. The fraction of sp³-hybridized carbons (Fsp3) is 0.167. The SMILES string of the molecule is CCCc1ccc2c(ccc3cc(-c4cc(F)c(OC(F)(F)F)c(F)c4)ccc32)c1. The minimum absolute atomic E-state index is 0.125. The van der Waals surface area contributed by atoms with E-state index in [2.05, 4.69) is 29.9 Å². The first-order valence-corrected chi connectivity index (χ1v) is 9.46. The second kappa shape index (κ2) is 7.59. The van der Waals surface area contributed by atoms with Gasteiger partial charge in [-0.25, -0.2) is 8.78 Å². The molecule has 0 aromatic heterocycles. The quantitative estimate of drug-likeness (QED) is 0.244. The summed E-state index contributed by atoms with van der Waals surface area (Å²) in [5, 5.41) is 4.01. The molecule has 154 valence electrons. The van der Waals surface area contributed by atoms with Crippen LogP contribution >= 0.6 is 0 Å². The van der Waals surface area contributed by atoms with E-state index in [1.165, 1.54) is 5.56 Å². The molecular formula is C24H17F5O. The summed E-state index contributed by atoms with van der Waals surface area (Å²) in [6, 6.07) is 17.2. The molecule has 30 heavy (non-hydrogen) atoms. The van der Waals surface area contributed by atoms with Crippen molar-refractivity contribution in [3.8, 4) is 16.9 Å². The van der Waals surface area contributed by atoms with E-state index < -0.39 is 23.7 Å². The highest BCUT2D eigenvalue weighted by Gasteiger charge is 2.34. The number of halogens is 5. The first kappa shape index (κ1) is 20.1. The average molecular weight is 416 g/mol. The summed E-state index contributed by atoms with van der Waals surface area (Å²) in [6.07, 6.45) is -3.12. The topological polar surface area (TPSA) is 9.23 Å². The Morgan fingerprint density at radius 2 is 1.33 bits per heavy atom. The number of benzene rings is 4. The Hall–Kier alpha value is -3.15. The zero-order chi connectivity index (χ0) is 21.5. The van der Waals surface area contributed by atoms with Crippen LogP contribution in [0.1, 0.15) is 18.9 Å². The van der Waals surface area contributed by atoms with Gasteiger partial charge >= 0.3 is 6.36 Å². The van der Waals surface area contributed by atoms with Crippen molar-refractivity contribution in [1.82, 2.24) is 0 Å². The second-order valence-electron chi connectivity index (χ2n) is 7.12. The maximum Gasteiger partial charge on any atom is 0.573 e. The molecule has 0 spiro atoms. The summed E-state index contributed by atoms with van der Waals surface area (Å²) in [4.78, 5) is 0. The van der Waals surface area contributed by atoms with Crippen molar-refractivity contribution in [3.63, 3.8) is 0 Å². The Balaban J connectivity index is 1.77. The lowest BCUT2D eigenvalue weighted by atomic mass is 9.96. The van der Waals surface area contributed by atoms with Crippen molar-refractivity contribution >= 4 is 21.5 Å². The van der Waals surface area contributed by atoms with Crippen LogP contribution in [-0.4, -0.2) is 6.36 Å². The van der Waals surface area contributed by atoms with Gasteiger partial charge in [0.1, 0.15) is 0 Å². The van der Waals surface area contributed by atoms with Crippen LogP contribution < -0.4 is 4.74 Å². The molecule has 4 aromatic rings. The Labute approximate surface area is 169 Å². The first-order valence-electron chi connectivity index (χ1n) is 9.46. The van der Waals surface area contributed by atoms with Crippen LogP contribution in [0.25, 0.3) is 32.7 Å². The molecule has 0 radical (unpaired) electrons. The fourth-order valence-electron chi connectivity index (χ4n) is 3.68. The molecule has 4 aromatic carbocycles. The Morgan fingerprint density at radius 1 is 0.733 bits per heavy atom. The van der Waals surface area contributed by atoms with Crippen molar-refractivity contribution < 1.29 is 26.7 Å². The summed E-state index contributed by atoms with van der Waals surface area (Å²) in [5.74, 6) is -4.28. The van der Waals surface area contributed by atoms with Crippen molar-refractivity contribution in [2.75, 3.05) is 0 Å². The van der Waals surface area contributed by atoms with Crippen LogP contribution in [-0.2, 0) is 6.42 Å². The van der Waals surface area contributed by atoms with Gasteiger partial charge in [0, 0.05) is 0 Å². The van der Waals surface area contributed by atoms with Crippen LogP contribution in [0.2, 0.25) is 0 Å². The molecule has 0 aliphatic heterocycles. The lowest BCUT2D eigenvalue weighted by Gasteiger charge is -2.12. The van der Waals surface area contributed by atoms with Gasteiger partial charge in [-0.2, -0.15) is 0 Å². The molecule has 0 N–H and O–H groups in total. The molecule has 0 saturated heterocycles. The monoisotopic (exact) mass is 416 g/mol. The van der Waals surface area contributed by atoms with Crippen molar-refractivity contribution in [2.24, 2.45) is 0 Å². The molecule has 0 unspecified atom stereocenters. The number of aryl methyl sites for hydroxylation is 1. The molecular weight excluding hydrogens is 399 g/mol. The smallest absolute Gasteiger partial charge is 0.399 e. The fourth-order valence-corrected chi connectivity index (χ4v) is 3.68. The van der Waals surface area contributed by atoms with Crippen molar-refractivity contribution in [1.29, 1.82) is 0 Å². The van der Waals surface area contributed by atoms with Crippen molar-refractivity contribution in [2.45, 2.75) is 26.1 Å². The number of hydrogen-bond acceptors (Lipinski definition) is 1. The largest absolute Gasteiger partial charge is 0.573 e. The van der Waals surface area contributed by atoms with Crippen LogP contribution in [0.5, 0.6) is 5.75 Å². The lowest BCUT2D eigenvalue weighted by molar-refractivity contribution is -0.276. The van der Waals surface area contributed by atoms with Gasteiger partial charge in [-0.05, 0) is 62.9 Å². The van der Waals surface area contributed by atoms with E-state index in [1.54, 1.807) is 12.1 Å². The summed E-state index contributed by atoms with van der Waals surface area (Å²) in [5.41, 5.74) is 1.87. The summed E-state index contributed by atoms with van der Waals surface area (Å²) in [6.45, 7) is 2.12. The van der Waals surface area contributed by atoms with Gasteiger partial charge in [0.15, 0.2) is 11.6 Å². The zero-order valence-corrected chi connectivity index (χ0v) is 16.0. The van der Waals surface area contributed by atoms with Gasteiger partial charge in [-0.15, -0.1) is 13.2 Å². The Bertz CT molecular complexity index is 1220. The minimum atomic E-state index is -5.18. The minimum Gasteiger partial charge on any atom is -0.399 e. The second-order valence-corrected chi connectivity index (χ2v) is 7.12. The van der Waals surface area contributed by atoms with Crippen LogP contribution in [0.15, 0.2) is 60.7 Å². The van der Waals surface area contributed by atoms with Gasteiger partial charge < -0.3 is 4.74 Å². The third kappa shape index (κ3) is 3.95. The van der Waals surface area contributed by atoms with E-state index in [0.717, 1.165) is 46.5 Å². The highest BCUT2D eigenvalue weighted by Crippen LogP contribution is 2.35. The van der Waals surface area contributed by atoms with E-state index >= 15 is 0 Å². The molecule has 0 atom stereocenters. The molecule has 0 aliphatic rings. The molecule has 0 aliphatic carbocycles. The normalized spacial score (nSPS) is 11.9. The predicted molar refractivity (Wildman–Crippen MR) is 107 cm³/mol. The third-order valence-corrected chi connectivity index (χ3v) is 4.99. The zero-order valence-electron chi connectivity index (χ0n) is 16.0. The predicted octanol–water partition coefficient (Wildman–Crippen LogP) is 7.79. The van der Waals surface area contributed by atoms with Crippen LogP contribution in [0, 0.1) is 11.6 Å². The molecule has 0 bridgehead atoms. The van der Waals surface area contributed by atoms with Gasteiger partial charge in [-0.3, -0.25) is 0 Å². The number of fused-ring (bicyclic) bond motifs is 3. The van der Waals surface area contributed by atoms with E-state index in [4.69, 9.17) is 0 Å². The summed E-state index contributed by atoms with van der Waals surface area (Å²) in [7, 11) is 0. The third-order valence-electron chi connectivity index (χ3n) is 4.99. The van der Waals surface area contributed by atoms with Gasteiger partial charge in [0.25, 0.3) is 0 Å². The molecule has 0 saturated carbocycles. The van der Waals surface area contributed by atoms with E-state index in [1.807, 2.05) is 18.2 Å². The molecule has 0 fully saturated rings. The van der Waals surface area contributed by atoms with E-state index in [-0.39, 0.29) is 5.56 Å². The highest BCUT2D eigenvalue weighted by molar-refractivity contribution is 6.08. The van der Waals surface area contributed by atoms with Crippen LogP contribution in [0.3, 0.4) is 0 Å². The van der Waals surface area contributed by atoms with Crippen LogP contribution in [0.4, 0.5) is 22.0 Å². The molecule has 0 amide bonds. The average Bonchev–Trinajstić information content (AvgIpc) is 2.69. The summed E-state index contributed by atoms with van der Waals surface area (Å²) < 4.78 is 68.6. The van der Waals surface area contributed by atoms with Gasteiger partial charge in [-0.1, -0.05) is 55.8 Å². The first-order chi connectivity index (χ1) is 14.2. The number of rotatable bonds is 4. The maximum atomic E-state index is 14.1. The summed E-state index contributed by atoms with van der Waals surface area (Å²) >= 11 is 0. The van der Waals surface area contributed by atoms with Crippen molar-refractivity contribution in [3.05, 3.63) is 77.9 Å². The number of ether oxygens (including phenoxy) is 1. The number of hydrogen-bond donors (Lipinski definition) is 0. The molecule has 0 heterocycles. The molecule has 4 rings (SSSR count). The highest BCUT2D eigenvalue weighted by atomic mass is 19.4. The molecule has 1 nitrogen and oxygen atoms in total. The van der Waals surface area contributed by atoms with E-state index in [0.29, 0.717) is 5.56 Å². The molecule has 6 heteroatoms. The standard InChI is InChI=1S/C24H17F5O/c1-2-3-14-4-8-19-16(10-14)5-6-17-11-15(7-9-20(17)19)18-12-21(25)23(22(26)13-18)30-24(27,28)29/h4-13H,2-3H2,1H3. The Morgan fingerprint density at radius 3 is 1.93 bits per heavy atom. The van der Waals surface area contributed by atoms with Gasteiger partial charge in [0.05, 0.1) is 0 Å². The van der Waals surface area contributed by atoms with E-state index in [9.17, 15) is 22.0 Å². The lowest BCUT2D eigenvalue weighted by Crippen LogP contribution is -2.19. The Kier molecular flexibility index (Phi) is 5.10. The maximum absolute atomic E-state index is 14.1.